The minimum Gasteiger partial charge on any atom is -0.481 e. The summed E-state index contributed by atoms with van der Waals surface area (Å²) >= 11 is 0. The van der Waals surface area contributed by atoms with Crippen LogP contribution >= 0.6 is 0 Å². The molecule has 1 atom stereocenters. The maximum atomic E-state index is 11.1. The Bertz CT molecular complexity index is 202. The molecule has 0 saturated heterocycles. The Kier molecular flexibility index (Phi) is 1.67. The van der Waals surface area contributed by atoms with Crippen molar-refractivity contribution in [3.63, 3.8) is 0 Å². The highest BCUT2D eigenvalue weighted by atomic mass is 16.4. The van der Waals surface area contributed by atoms with E-state index >= 15 is 0 Å². The molecular formula is C10H16O2. The lowest BCUT2D eigenvalue weighted by Crippen LogP contribution is -2.44. The molecule has 1 N–H and O–H groups in total. The molecule has 68 valence electrons. The SMILES string of the molecule is CC1CC2(C(=O)O)CCC1CC2. The van der Waals surface area contributed by atoms with Gasteiger partial charge in [-0.1, -0.05) is 6.92 Å². The van der Waals surface area contributed by atoms with E-state index < -0.39 is 5.97 Å². The van der Waals surface area contributed by atoms with Gasteiger partial charge in [0.05, 0.1) is 5.41 Å². The highest BCUT2D eigenvalue weighted by Crippen LogP contribution is 2.52. The van der Waals surface area contributed by atoms with Crippen LogP contribution in [0.15, 0.2) is 0 Å². The standard InChI is InChI=1S/C10H16O2/c1-7-6-10(9(11)12)4-2-8(7)3-5-10/h7-8H,2-6H2,1H3,(H,11,12). The highest BCUT2D eigenvalue weighted by molar-refractivity contribution is 5.75. The summed E-state index contributed by atoms with van der Waals surface area (Å²) in [5, 5.41) is 9.13. The zero-order valence-electron chi connectivity index (χ0n) is 7.55. The first-order valence-electron chi connectivity index (χ1n) is 4.87. The van der Waals surface area contributed by atoms with Crippen LogP contribution in [0.5, 0.6) is 0 Å². The first kappa shape index (κ1) is 8.09. The van der Waals surface area contributed by atoms with Crippen molar-refractivity contribution in [1.82, 2.24) is 0 Å². The van der Waals surface area contributed by atoms with E-state index in [-0.39, 0.29) is 5.41 Å². The Labute approximate surface area is 73.0 Å². The largest absolute Gasteiger partial charge is 0.481 e. The molecular weight excluding hydrogens is 152 g/mol. The van der Waals surface area contributed by atoms with Gasteiger partial charge in [-0.05, 0) is 43.9 Å². The molecule has 0 radical (unpaired) electrons. The lowest BCUT2D eigenvalue weighted by atomic mass is 9.57. The molecule has 0 aromatic rings. The van der Waals surface area contributed by atoms with Crippen LogP contribution in [-0.2, 0) is 4.79 Å². The smallest absolute Gasteiger partial charge is 0.309 e. The van der Waals surface area contributed by atoms with Gasteiger partial charge in [-0.2, -0.15) is 0 Å². The van der Waals surface area contributed by atoms with Crippen LogP contribution in [-0.4, -0.2) is 11.1 Å². The van der Waals surface area contributed by atoms with Gasteiger partial charge in [0.2, 0.25) is 0 Å². The Morgan fingerprint density at radius 1 is 1.42 bits per heavy atom. The zero-order valence-corrected chi connectivity index (χ0v) is 7.55. The van der Waals surface area contributed by atoms with Crippen molar-refractivity contribution in [2.75, 3.05) is 0 Å². The Morgan fingerprint density at radius 3 is 2.33 bits per heavy atom. The number of aliphatic carboxylic acids is 1. The van der Waals surface area contributed by atoms with Crippen LogP contribution in [0.4, 0.5) is 0 Å². The molecule has 2 bridgehead atoms. The van der Waals surface area contributed by atoms with Gasteiger partial charge < -0.3 is 5.11 Å². The fraction of sp³-hybridized carbons (Fsp3) is 0.900. The molecule has 3 rings (SSSR count). The van der Waals surface area contributed by atoms with Gasteiger partial charge in [-0.25, -0.2) is 0 Å². The molecule has 2 heteroatoms. The fourth-order valence-corrected chi connectivity index (χ4v) is 3.05. The molecule has 3 aliphatic rings. The lowest BCUT2D eigenvalue weighted by molar-refractivity contribution is -0.157. The molecule has 3 saturated carbocycles. The van der Waals surface area contributed by atoms with Crippen molar-refractivity contribution in [2.45, 2.75) is 39.0 Å². The van der Waals surface area contributed by atoms with Crippen LogP contribution < -0.4 is 0 Å². The van der Waals surface area contributed by atoms with Gasteiger partial charge in [-0.3, -0.25) is 4.79 Å². The van der Waals surface area contributed by atoms with Crippen LogP contribution in [0.2, 0.25) is 0 Å². The van der Waals surface area contributed by atoms with Crippen molar-refractivity contribution in [1.29, 1.82) is 0 Å². The summed E-state index contributed by atoms with van der Waals surface area (Å²) in [5.74, 6) is 0.919. The van der Waals surface area contributed by atoms with Crippen molar-refractivity contribution < 1.29 is 9.90 Å². The second-order valence-corrected chi connectivity index (χ2v) is 4.60. The second kappa shape index (κ2) is 2.48. The molecule has 0 aromatic heterocycles. The van der Waals surface area contributed by atoms with Gasteiger partial charge in [0.15, 0.2) is 0 Å². The number of rotatable bonds is 1. The summed E-state index contributed by atoms with van der Waals surface area (Å²) in [6, 6.07) is 0. The second-order valence-electron chi connectivity index (χ2n) is 4.60. The third-order valence-corrected chi connectivity index (χ3v) is 3.96. The molecule has 0 aliphatic heterocycles. The van der Waals surface area contributed by atoms with E-state index in [1.807, 2.05) is 0 Å². The molecule has 1 unspecified atom stereocenters. The van der Waals surface area contributed by atoms with Crippen molar-refractivity contribution in [3.8, 4) is 0 Å². The number of hydrogen-bond acceptors (Lipinski definition) is 1. The summed E-state index contributed by atoms with van der Waals surface area (Å²) in [6.45, 7) is 2.21. The van der Waals surface area contributed by atoms with E-state index in [0.29, 0.717) is 5.92 Å². The Balaban J connectivity index is 2.21. The van der Waals surface area contributed by atoms with E-state index in [0.717, 1.165) is 38.0 Å². The predicted octanol–water partition coefficient (Wildman–Crippen LogP) is 2.29. The van der Waals surface area contributed by atoms with Crippen LogP contribution in [0.3, 0.4) is 0 Å². The normalized spacial score (nSPS) is 46.1. The molecule has 0 aromatic carbocycles. The minimum atomic E-state index is -0.549. The fourth-order valence-electron chi connectivity index (χ4n) is 3.05. The van der Waals surface area contributed by atoms with E-state index in [1.54, 1.807) is 0 Å². The summed E-state index contributed by atoms with van der Waals surface area (Å²) in [6.07, 6.45) is 5.07. The maximum Gasteiger partial charge on any atom is 0.309 e. The molecule has 0 amide bonds. The molecule has 3 aliphatic carbocycles. The van der Waals surface area contributed by atoms with Gasteiger partial charge in [0.1, 0.15) is 0 Å². The third-order valence-electron chi connectivity index (χ3n) is 3.96. The van der Waals surface area contributed by atoms with Gasteiger partial charge in [0.25, 0.3) is 0 Å². The number of carboxylic acid groups (broad SMARTS) is 1. The lowest BCUT2D eigenvalue weighted by Gasteiger charge is -2.47. The van der Waals surface area contributed by atoms with Crippen molar-refractivity contribution in [3.05, 3.63) is 0 Å². The number of fused-ring (bicyclic) bond motifs is 3. The molecule has 0 heterocycles. The molecule has 0 spiro atoms. The van der Waals surface area contributed by atoms with Crippen molar-refractivity contribution in [2.24, 2.45) is 17.3 Å². The maximum absolute atomic E-state index is 11.1. The summed E-state index contributed by atoms with van der Waals surface area (Å²) in [4.78, 5) is 11.1. The quantitative estimate of drug-likeness (QED) is 0.652. The highest BCUT2D eigenvalue weighted by Gasteiger charge is 2.48. The average molecular weight is 168 g/mol. The van der Waals surface area contributed by atoms with E-state index in [4.69, 9.17) is 5.11 Å². The number of carbonyl (C=O) groups is 1. The van der Waals surface area contributed by atoms with Crippen LogP contribution in [0, 0.1) is 17.3 Å². The number of carboxylic acids is 1. The van der Waals surface area contributed by atoms with E-state index in [1.165, 1.54) is 0 Å². The molecule has 3 fully saturated rings. The third kappa shape index (κ3) is 0.970. The average Bonchev–Trinajstić information content (AvgIpc) is 2.05. The number of hydrogen-bond donors (Lipinski definition) is 1. The topological polar surface area (TPSA) is 37.3 Å². The molecule has 12 heavy (non-hydrogen) atoms. The predicted molar refractivity (Wildman–Crippen MR) is 45.8 cm³/mol. The van der Waals surface area contributed by atoms with Gasteiger partial charge in [-0.15, -0.1) is 0 Å². The first-order valence-corrected chi connectivity index (χ1v) is 4.87. The monoisotopic (exact) mass is 168 g/mol. The van der Waals surface area contributed by atoms with Crippen LogP contribution in [0.1, 0.15) is 39.0 Å². The minimum absolute atomic E-state index is 0.325. The summed E-state index contributed by atoms with van der Waals surface area (Å²) in [7, 11) is 0. The Morgan fingerprint density at radius 2 is 2.00 bits per heavy atom. The Hall–Kier alpha value is -0.530. The van der Waals surface area contributed by atoms with Gasteiger partial charge in [0, 0.05) is 0 Å². The first-order chi connectivity index (χ1) is 5.64. The zero-order chi connectivity index (χ0) is 8.77. The van der Waals surface area contributed by atoms with Crippen LogP contribution in [0.25, 0.3) is 0 Å². The van der Waals surface area contributed by atoms with E-state index in [2.05, 4.69) is 6.92 Å². The summed E-state index contributed by atoms with van der Waals surface area (Å²) in [5.41, 5.74) is -0.325. The molecule has 2 nitrogen and oxygen atoms in total. The summed E-state index contributed by atoms with van der Waals surface area (Å²) < 4.78 is 0. The van der Waals surface area contributed by atoms with Crippen molar-refractivity contribution >= 4 is 5.97 Å². The van der Waals surface area contributed by atoms with E-state index in [9.17, 15) is 4.79 Å². The van der Waals surface area contributed by atoms with Gasteiger partial charge >= 0.3 is 5.97 Å².